The Morgan fingerprint density at radius 2 is 2.07 bits per heavy atom. The quantitative estimate of drug-likeness (QED) is 0.658. The van der Waals surface area contributed by atoms with Gasteiger partial charge in [0.25, 0.3) is 5.91 Å². The van der Waals surface area contributed by atoms with E-state index in [1.165, 1.54) is 19.4 Å². The molecule has 3 heterocycles. The van der Waals surface area contributed by atoms with Gasteiger partial charge < -0.3 is 9.64 Å². The first-order valence-corrected chi connectivity index (χ1v) is 11.0. The number of ether oxygens (including phenoxy) is 1. The van der Waals surface area contributed by atoms with Crippen molar-refractivity contribution in [3.8, 4) is 0 Å². The molecule has 8 heteroatoms. The van der Waals surface area contributed by atoms with Crippen LogP contribution in [-0.2, 0) is 4.74 Å². The van der Waals surface area contributed by atoms with Gasteiger partial charge >= 0.3 is 0 Å². The molecule has 2 aliphatic rings. The zero-order chi connectivity index (χ0) is 21.3. The summed E-state index contributed by atoms with van der Waals surface area (Å²) in [5.41, 5.74) is 1.42. The molecule has 30 heavy (non-hydrogen) atoms. The second-order valence-electron chi connectivity index (χ2n) is 8.97. The number of carbonyl (C=O) groups excluding carboxylic acids is 1. The normalized spacial score (nSPS) is 20.9. The summed E-state index contributed by atoms with van der Waals surface area (Å²) in [6.07, 6.45) is 4.63. The Labute approximate surface area is 178 Å². The predicted molar refractivity (Wildman–Crippen MR) is 116 cm³/mol. The molecule has 0 spiro atoms. The number of aromatic nitrogens is 3. The van der Waals surface area contributed by atoms with Crippen LogP contribution in [0.1, 0.15) is 48.9 Å². The Morgan fingerprint density at radius 3 is 2.77 bits per heavy atom. The van der Waals surface area contributed by atoms with E-state index in [1.54, 1.807) is 19.1 Å². The van der Waals surface area contributed by atoms with E-state index in [4.69, 9.17) is 4.74 Å². The van der Waals surface area contributed by atoms with E-state index < -0.39 is 0 Å². The molecule has 1 saturated carbocycles. The Balaban J connectivity index is 1.61. The highest BCUT2D eigenvalue weighted by Gasteiger charge is 2.35. The predicted octanol–water partition coefficient (Wildman–Crippen LogP) is 1.92. The second kappa shape index (κ2) is 8.99. The standard InChI is InChI=1S/C22H34N6O2/c1-16(2)27-10-9-26(13-17-5-6-17)15-19(27)21-24-23-20-8-7-18(14-28(20)21)22(29)25(3)11-12-30-4/h7-8,14,16-17,19H,5-6,9-13,15H2,1-4H3/t19-/m0/s1. The summed E-state index contributed by atoms with van der Waals surface area (Å²) in [6, 6.07) is 4.32. The summed E-state index contributed by atoms with van der Waals surface area (Å²) < 4.78 is 7.11. The lowest BCUT2D eigenvalue weighted by molar-refractivity contribution is 0.0437. The fraction of sp³-hybridized carbons (Fsp3) is 0.682. The summed E-state index contributed by atoms with van der Waals surface area (Å²) in [5.74, 6) is 1.78. The molecule has 2 fully saturated rings. The minimum absolute atomic E-state index is 0.0201. The number of rotatable bonds is 8. The number of amides is 1. The molecule has 0 aromatic carbocycles. The van der Waals surface area contributed by atoms with Gasteiger partial charge in [-0.25, -0.2) is 0 Å². The number of nitrogens with zero attached hydrogens (tertiary/aromatic N) is 6. The monoisotopic (exact) mass is 414 g/mol. The van der Waals surface area contributed by atoms with Crippen molar-refractivity contribution in [2.75, 3.05) is 53.5 Å². The highest BCUT2D eigenvalue weighted by atomic mass is 16.5. The van der Waals surface area contributed by atoms with Crippen LogP contribution in [0.2, 0.25) is 0 Å². The Morgan fingerprint density at radius 1 is 1.27 bits per heavy atom. The fourth-order valence-corrected chi connectivity index (χ4v) is 4.35. The molecule has 8 nitrogen and oxygen atoms in total. The number of methoxy groups -OCH3 is 1. The van der Waals surface area contributed by atoms with E-state index in [0.717, 1.165) is 37.0 Å². The SMILES string of the molecule is COCCN(C)C(=O)c1ccc2nnc([C@@H]3CN(CC4CC4)CCN3C(C)C)n2c1. The van der Waals surface area contributed by atoms with Gasteiger partial charge in [0.1, 0.15) is 0 Å². The highest BCUT2D eigenvalue weighted by molar-refractivity contribution is 5.94. The maximum absolute atomic E-state index is 12.9. The smallest absolute Gasteiger partial charge is 0.255 e. The zero-order valence-electron chi connectivity index (χ0n) is 18.6. The van der Waals surface area contributed by atoms with Crippen LogP contribution >= 0.6 is 0 Å². The van der Waals surface area contributed by atoms with Gasteiger partial charge in [-0.3, -0.25) is 19.0 Å². The van der Waals surface area contributed by atoms with Gasteiger partial charge in [0.2, 0.25) is 0 Å². The molecule has 164 valence electrons. The molecule has 1 aliphatic heterocycles. The minimum atomic E-state index is -0.0201. The molecule has 0 radical (unpaired) electrons. The van der Waals surface area contributed by atoms with Crippen molar-refractivity contribution in [3.63, 3.8) is 0 Å². The van der Waals surface area contributed by atoms with Crippen molar-refractivity contribution in [2.45, 2.75) is 38.8 Å². The van der Waals surface area contributed by atoms with Gasteiger partial charge in [0.05, 0.1) is 18.2 Å². The number of fused-ring (bicyclic) bond motifs is 1. The van der Waals surface area contributed by atoms with E-state index in [0.29, 0.717) is 24.8 Å². The van der Waals surface area contributed by atoms with Crippen LogP contribution in [0.25, 0.3) is 5.65 Å². The Hall–Kier alpha value is -2.03. The number of hydrogen-bond donors (Lipinski definition) is 0. The fourth-order valence-electron chi connectivity index (χ4n) is 4.35. The van der Waals surface area contributed by atoms with Gasteiger partial charge in [-0.2, -0.15) is 0 Å². The lowest BCUT2D eigenvalue weighted by Gasteiger charge is -2.42. The molecule has 1 aliphatic carbocycles. The number of carbonyl (C=O) groups is 1. The van der Waals surface area contributed by atoms with Gasteiger partial charge in [0, 0.05) is 59.1 Å². The average Bonchev–Trinajstić information content (AvgIpc) is 3.46. The molecule has 1 amide bonds. The summed E-state index contributed by atoms with van der Waals surface area (Å²) in [7, 11) is 3.45. The lowest BCUT2D eigenvalue weighted by Crippen LogP contribution is -2.51. The highest BCUT2D eigenvalue weighted by Crippen LogP contribution is 2.33. The van der Waals surface area contributed by atoms with E-state index in [2.05, 4.69) is 33.8 Å². The van der Waals surface area contributed by atoms with Crippen molar-refractivity contribution in [1.82, 2.24) is 29.3 Å². The van der Waals surface area contributed by atoms with Crippen molar-refractivity contribution in [3.05, 3.63) is 29.7 Å². The van der Waals surface area contributed by atoms with Crippen molar-refractivity contribution in [2.24, 2.45) is 5.92 Å². The van der Waals surface area contributed by atoms with Crippen LogP contribution in [0, 0.1) is 5.92 Å². The number of piperazine rings is 1. The first-order valence-electron chi connectivity index (χ1n) is 11.0. The lowest BCUT2D eigenvalue weighted by atomic mass is 10.1. The number of pyridine rings is 1. The Kier molecular flexibility index (Phi) is 6.36. The van der Waals surface area contributed by atoms with Crippen LogP contribution in [0.3, 0.4) is 0 Å². The van der Waals surface area contributed by atoms with E-state index in [9.17, 15) is 4.79 Å². The Bertz CT molecular complexity index is 878. The maximum atomic E-state index is 12.9. The third-order valence-corrected chi connectivity index (χ3v) is 6.33. The molecule has 0 bridgehead atoms. The topological polar surface area (TPSA) is 66.2 Å². The molecule has 1 saturated heterocycles. The van der Waals surface area contributed by atoms with E-state index in [-0.39, 0.29) is 11.9 Å². The summed E-state index contributed by atoms with van der Waals surface area (Å²) in [4.78, 5) is 19.6. The average molecular weight is 415 g/mol. The van der Waals surface area contributed by atoms with Crippen LogP contribution in [0.5, 0.6) is 0 Å². The second-order valence-corrected chi connectivity index (χ2v) is 8.97. The summed E-state index contributed by atoms with van der Waals surface area (Å²) in [5, 5.41) is 8.98. The first-order chi connectivity index (χ1) is 14.5. The molecule has 2 aromatic rings. The van der Waals surface area contributed by atoms with Gasteiger partial charge in [-0.1, -0.05) is 0 Å². The van der Waals surface area contributed by atoms with Gasteiger partial charge in [0.15, 0.2) is 11.5 Å². The molecule has 1 atom stereocenters. The largest absolute Gasteiger partial charge is 0.383 e. The minimum Gasteiger partial charge on any atom is -0.383 e. The number of likely N-dealkylation sites (N-methyl/N-ethyl adjacent to an activating group) is 1. The molecule has 4 rings (SSSR count). The van der Waals surface area contributed by atoms with E-state index >= 15 is 0 Å². The van der Waals surface area contributed by atoms with Crippen LogP contribution in [-0.4, -0.2) is 94.7 Å². The molecular weight excluding hydrogens is 380 g/mol. The van der Waals surface area contributed by atoms with Crippen molar-refractivity contribution in [1.29, 1.82) is 0 Å². The summed E-state index contributed by atoms with van der Waals surface area (Å²) in [6.45, 7) is 9.85. The zero-order valence-corrected chi connectivity index (χ0v) is 18.6. The molecular formula is C22H34N6O2. The summed E-state index contributed by atoms with van der Waals surface area (Å²) >= 11 is 0. The molecule has 0 N–H and O–H groups in total. The van der Waals surface area contributed by atoms with Crippen LogP contribution in [0.15, 0.2) is 18.3 Å². The number of hydrogen-bond acceptors (Lipinski definition) is 6. The van der Waals surface area contributed by atoms with Crippen LogP contribution in [0.4, 0.5) is 0 Å². The maximum Gasteiger partial charge on any atom is 0.255 e. The molecule has 0 unspecified atom stereocenters. The van der Waals surface area contributed by atoms with Gasteiger partial charge in [-0.05, 0) is 44.7 Å². The van der Waals surface area contributed by atoms with Gasteiger partial charge in [-0.15, -0.1) is 10.2 Å². The first kappa shape index (κ1) is 21.2. The van der Waals surface area contributed by atoms with E-state index in [1.807, 2.05) is 22.7 Å². The van der Waals surface area contributed by atoms with Crippen LogP contribution < -0.4 is 0 Å². The van der Waals surface area contributed by atoms with Crippen molar-refractivity contribution >= 4 is 11.6 Å². The molecule has 2 aromatic heterocycles. The third kappa shape index (κ3) is 4.50. The van der Waals surface area contributed by atoms with Crippen molar-refractivity contribution < 1.29 is 9.53 Å². The third-order valence-electron chi connectivity index (χ3n) is 6.33.